The molecule has 4 aromatic rings. The molecule has 5 rings (SSSR count). The Hall–Kier alpha value is -4.04. The Morgan fingerprint density at radius 3 is 1.81 bits per heavy atom. The molecule has 1 aliphatic heterocycles. The van der Waals surface area contributed by atoms with Crippen LogP contribution in [-0.4, -0.2) is 53.7 Å². The molecule has 0 atom stereocenters. The van der Waals surface area contributed by atoms with Crippen LogP contribution in [0.1, 0.15) is 22.3 Å². The van der Waals surface area contributed by atoms with Crippen molar-refractivity contribution in [2.45, 2.75) is 26.3 Å². The number of rotatable bonds is 15. The first-order valence-corrected chi connectivity index (χ1v) is 14.9. The smallest absolute Gasteiger partial charge is 0.119 e. The first-order chi connectivity index (χ1) is 21.2. The molecule has 1 heterocycles. The van der Waals surface area contributed by atoms with Gasteiger partial charge in [-0.25, -0.2) is 0 Å². The zero-order valence-electron chi connectivity index (χ0n) is 25.2. The lowest BCUT2D eigenvalue weighted by Crippen LogP contribution is -2.36. The van der Waals surface area contributed by atoms with Crippen molar-refractivity contribution in [2.75, 3.05) is 63.5 Å². The minimum absolute atomic E-state index is 0.524. The zero-order chi connectivity index (χ0) is 29.7. The fourth-order valence-electron chi connectivity index (χ4n) is 5.23. The fraction of sp³-hybridized carbons (Fsp3) is 0.333. The van der Waals surface area contributed by atoms with Gasteiger partial charge in [-0.1, -0.05) is 48.5 Å². The maximum Gasteiger partial charge on any atom is 0.119 e. The van der Waals surface area contributed by atoms with Gasteiger partial charge in [-0.15, -0.1) is 0 Å². The summed E-state index contributed by atoms with van der Waals surface area (Å²) in [5.74, 6) is 1.70. The van der Waals surface area contributed by atoms with E-state index in [-0.39, 0.29) is 0 Å². The molecule has 4 aromatic carbocycles. The third kappa shape index (κ3) is 9.22. The van der Waals surface area contributed by atoms with Gasteiger partial charge in [0.2, 0.25) is 0 Å². The highest BCUT2D eigenvalue weighted by atomic mass is 16.5. The van der Waals surface area contributed by atoms with Crippen molar-refractivity contribution in [1.29, 1.82) is 0 Å². The Balaban J connectivity index is 1.23. The largest absolute Gasteiger partial charge is 0.497 e. The molecule has 1 aliphatic rings. The predicted octanol–water partition coefficient (Wildman–Crippen LogP) is 6.48. The molecule has 43 heavy (non-hydrogen) atoms. The van der Waals surface area contributed by atoms with Gasteiger partial charge in [-0.05, 0) is 70.8 Å². The van der Waals surface area contributed by atoms with Crippen LogP contribution in [-0.2, 0) is 40.5 Å². The lowest BCUT2D eigenvalue weighted by molar-refractivity contribution is 0.0338. The SMILES string of the molecule is COc1cccc(COCCOCc2cccc(N(Cc3cccc(OC)c3)Cc3cccc(N4CCOCC4)c3)c2)c1. The molecule has 1 fully saturated rings. The molecule has 0 aliphatic carbocycles. The first kappa shape index (κ1) is 30.4. The molecule has 0 spiro atoms. The molecule has 0 unspecified atom stereocenters. The summed E-state index contributed by atoms with van der Waals surface area (Å²) in [5.41, 5.74) is 7.06. The van der Waals surface area contributed by atoms with E-state index in [9.17, 15) is 0 Å². The van der Waals surface area contributed by atoms with Crippen molar-refractivity contribution < 1.29 is 23.7 Å². The number of benzene rings is 4. The number of ether oxygens (including phenoxy) is 5. The van der Waals surface area contributed by atoms with Crippen LogP contribution in [0.25, 0.3) is 0 Å². The van der Waals surface area contributed by atoms with Crippen LogP contribution >= 0.6 is 0 Å². The van der Waals surface area contributed by atoms with Gasteiger partial charge in [-0.3, -0.25) is 0 Å². The highest BCUT2D eigenvalue weighted by Crippen LogP contribution is 2.25. The molecule has 0 amide bonds. The summed E-state index contributed by atoms with van der Waals surface area (Å²) in [6, 6.07) is 33.7. The fourth-order valence-corrected chi connectivity index (χ4v) is 5.23. The van der Waals surface area contributed by atoms with E-state index in [1.807, 2.05) is 36.4 Å². The molecule has 0 N–H and O–H groups in total. The topological polar surface area (TPSA) is 52.6 Å². The quantitative estimate of drug-likeness (QED) is 0.149. The van der Waals surface area contributed by atoms with E-state index in [1.165, 1.54) is 16.8 Å². The minimum atomic E-state index is 0.524. The summed E-state index contributed by atoms with van der Waals surface area (Å²) >= 11 is 0. The van der Waals surface area contributed by atoms with E-state index >= 15 is 0 Å². The lowest BCUT2D eigenvalue weighted by atomic mass is 10.1. The second-order valence-corrected chi connectivity index (χ2v) is 10.6. The number of methoxy groups -OCH3 is 2. The van der Waals surface area contributed by atoms with Gasteiger partial charge >= 0.3 is 0 Å². The Morgan fingerprint density at radius 1 is 0.628 bits per heavy atom. The van der Waals surface area contributed by atoms with Crippen molar-refractivity contribution >= 4 is 11.4 Å². The number of morpholine rings is 1. The molecule has 7 heteroatoms. The van der Waals surface area contributed by atoms with Crippen LogP contribution in [0.3, 0.4) is 0 Å². The summed E-state index contributed by atoms with van der Waals surface area (Å²) in [6.07, 6.45) is 0. The molecule has 7 nitrogen and oxygen atoms in total. The van der Waals surface area contributed by atoms with Crippen molar-refractivity contribution in [2.24, 2.45) is 0 Å². The standard InChI is InChI=1S/C36H42N2O5/c1-39-35-13-5-8-30(23-35)26-38(25-29-7-3-11-33(21-29)37-15-17-41-18-16-37)34-12-4-9-31(22-34)27-42-19-20-43-28-32-10-6-14-36(24-32)40-2/h3-14,21-24H,15-20,25-28H2,1-2H3. The molecule has 226 valence electrons. The summed E-state index contributed by atoms with van der Waals surface area (Å²) in [4.78, 5) is 4.81. The first-order valence-electron chi connectivity index (χ1n) is 14.9. The van der Waals surface area contributed by atoms with Gasteiger partial charge in [0.15, 0.2) is 0 Å². The molecule has 0 aromatic heterocycles. The molecule has 0 saturated carbocycles. The Labute approximate surface area is 255 Å². The predicted molar refractivity (Wildman–Crippen MR) is 171 cm³/mol. The highest BCUT2D eigenvalue weighted by molar-refractivity contribution is 5.53. The monoisotopic (exact) mass is 582 g/mol. The van der Waals surface area contributed by atoms with Crippen molar-refractivity contribution in [3.8, 4) is 11.5 Å². The van der Waals surface area contributed by atoms with Gasteiger partial charge in [0.1, 0.15) is 11.5 Å². The number of nitrogens with zero attached hydrogens (tertiary/aromatic N) is 2. The lowest BCUT2D eigenvalue weighted by Gasteiger charge is -2.30. The second kappa shape index (κ2) is 16.0. The van der Waals surface area contributed by atoms with E-state index in [2.05, 4.69) is 70.5 Å². The molecule has 0 radical (unpaired) electrons. The average Bonchev–Trinajstić information content (AvgIpc) is 3.07. The number of hydrogen-bond donors (Lipinski definition) is 0. The Bertz CT molecular complexity index is 1420. The van der Waals surface area contributed by atoms with Crippen LogP contribution in [0.2, 0.25) is 0 Å². The Morgan fingerprint density at radius 2 is 1.16 bits per heavy atom. The van der Waals surface area contributed by atoms with Crippen LogP contribution in [0.4, 0.5) is 11.4 Å². The van der Waals surface area contributed by atoms with Gasteiger partial charge < -0.3 is 33.5 Å². The summed E-state index contributed by atoms with van der Waals surface area (Å²) in [5, 5.41) is 0. The van der Waals surface area contributed by atoms with E-state index < -0.39 is 0 Å². The zero-order valence-corrected chi connectivity index (χ0v) is 25.2. The maximum atomic E-state index is 5.99. The van der Waals surface area contributed by atoms with Gasteiger partial charge in [0.05, 0.1) is 53.9 Å². The summed E-state index contributed by atoms with van der Waals surface area (Å²) in [6.45, 7) is 7.02. The van der Waals surface area contributed by atoms with Crippen molar-refractivity contribution in [3.63, 3.8) is 0 Å². The van der Waals surface area contributed by atoms with E-state index in [0.717, 1.165) is 67.7 Å². The van der Waals surface area contributed by atoms with Crippen LogP contribution < -0.4 is 19.3 Å². The molecule has 0 bridgehead atoms. The van der Waals surface area contributed by atoms with E-state index in [4.69, 9.17) is 23.7 Å². The number of hydrogen-bond acceptors (Lipinski definition) is 7. The summed E-state index contributed by atoms with van der Waals surface area (Å²) < 4.78 is 28.2. The summed E-state index contributed by atoms with van der Waals surface area (Å²) in [7, 11) is 3.38. The Kier molecular flexibility index (Phi) is 11.3. The molecule has 1 saturated heterocycles. The van der Waals surface area contributed by atoms with E-state index in [0.29, 0.717) is 26.4 Å². The molecular formula is C36H42N2O5. The normalized spacial score (nSPS) is 13.1. The number of anilines is 2. The molecular weight excluding hydrogens is 540 g/mol. The van der Waals surface area contributed by atoms with Crippen molar-refractivity contribution in [1.82, 2.24) is 0 Å². The van der Waals surface area contributed by atoms with Crippen LogP contribution in [0, 0.1) is 0 Å². The maximum absolute atomic E-state index is 5.99. The van der Waals surface area contributed by atoms with Crippen molar-refractivity contribution in [3.05, 3.63) is 119 Å². The third-order valence-electron chi connectivity index (χ3n) is 7.49. The van der Waals surface area contributed by atoms with Gasteiger partial charge in [-0.2, -0.15) is 0 Å². The van der Waals surface area contributed by atoms with Crippen LogP contribution in [0.5, 0.6) is 11.5 Å². The highest BCUT2D eigenvalue weighted by Gasteiger charge is 2.14. The average molecular weight is 583 g/mol. The van der Waals surface area contributed by atoms with Gasteiger partial charge in [0, 0.05) is 37.6 Å². The minimum Gasteiger partial charge on any atom is -0.497 e. The second-order valence-electron chi connectivity index (χ2n) is 10.6. The van der Waals surface area contributed by atoms with E-state index in [1.54, 1.807) is 14.2 Å². The third-order valence-corrected chi connectivity index (χ3v) is 7.49. The van der Waals surface area contributed by atoms with Crippen LogP contribution in [0.15, 0.2) is 97.1 Å². The van der Waals surface area contributed by atoms with Gasteiger partial charge in [0.25, 0.3) is 0 Å².